The lowest BCUT2D eigenvalue weighted by Crippen LogP contribution is -2.52. The molecule has 8 heteroatoms. The molecule has 3 atom stereocenters. The first kappa shape index (κ1) is 27.1. The van der Waals surface area contributed by atoms with Crippen LogP contribution < -0.4 is 5.32 Å². The van der Waals surface area contributed by atoms with Crippen LogP contribution in [0.1, 0.15) is 42.6 Å². The van der Waals surface area contributed by atoms with Gasteiger partial charge in [-0.25, -0.2) is 4.39 Å². The zero-order chi connectivity index (χ0) is 28.6. The van der Waals surface area contributed by atoms with Crippen LogP contribution in [0.2, 0.25) is 0 Å². The SMILES string of the molecule is CC(C)C[C@@H](C(=O)N1C[C@]2(C[C@H]1C#N)C(=O)Nc1ccccc12)N(C)C(=O)c1cccc(-c2ccccc2F)c1. The molecule has 5 rings (SSSR count). The zero-order valence-electron chi connectivity index (χ0n) is 22.7. The topological polar surface area (TPSA) is 93.5 Å². The number of halogens is 1. The van der Waals surface area contributed by atoms with Gasteiger partial charge in [0.25, 0.3) is 5.91 Å². The third-order valence-corrected chi connectivity index (χ3v) is 7.98. The summed E-state index contributed by atoms with van der Waals surface area (Å²) in [5.41, 5.74) is 1.73. The van der Waals surface area contributed by atoms with Crippen molar-refractivity contribution in [3.8, 4) is 17.2 Å². The minimum atomic E-state index is -1.01. The smallest absolute Gasteiger partial charge is 0.254 e. The average Bonchev–Trinajstić information content (AvgIpc) is 3.48. The van der Waals surface area contributed by atoms with Gasteiger partial charge in [0.1, 0.15) is 17.9 Å². The van der Waals surface area contributed by atoms with Gasteiger partial charge >= 0.3 is 0 Å². The summed E-state index contributed by atoms with van der Waals surface area (Å²) in [6.07, 6.45) is 0.563. The molecular weight excluding hydrogens is 507 g/mol. The number of carbonyl (C=O) groups excluding carboxylic acids is 3. The number of rotatable bonds is 6. The Morgan fingerprint density at radius 3 is 2.58 bits per heavy atom. The summed E-state index contributed by atoms with van der Waals surface area (Å²) >= 11 is 0. The van der Waals surface area contributed by atoms with Gasteiger partial charge in [-0.05, 0) is 47.7 Å². The van der Waals surface area contributed by atoms with Crippen molar-refractivity contribution in [2.24, 2.45) is 5.92 Å². The number of likely N-dealkylation sites (tertiary alicyclic amines) is 1. The highest BCUT2D eigenvalue weighted by atomic mass is 19.1. The summed E-state index contributed by atoms with van der Waals surface area (Å²) in [6, 6.07) is 20.9. The molecule has 0 radical (unpaired) electrons. The van der Waals surface area contributed by atoms with Crippen LogP contribution in [-0.2, 0) is 15.0 Å². The highest BCUT2D eigenvalue weighted by Gasteiger charge is 2.56. The lowest BCUT2D eigenvalue weighted by molar-refractivity contribution is -0.136. The quantitative estimate of drug-likeness (QED) is 0.478. The number of hydrogen-bond acceptors (Lipinski definition) is 4. The molecule has 0 saturated carbocycles. The number of nitriles is 1. The van der Waals surface area contributed by atoms with Crippen molar-refractivity contribution in [2.45, 2.75) is 44.2 Å². The molecule has 1 fully saturated rings. The van der Waals surface area contributed by atoms with Gasteiger partial charge in [0.2, 0.25) is 11.8 Å². The standard InChI is InChI=1S/C32H31FN4O3/c1-20(2)15-28(36(3)29(38)22-10-8-9-21(16-22)24-11-4-6-13-26(24)33)30(39)37-19-32(17-23(37)18-34)25-12-5-7-14-27(25)35-31(32)40/h4-14,16,20,23,28H,15,17,19H2,1-3H3,(H,35,40)/t23-,28-,32-/m0/s1. The van der Waals surface area contributed by atoms with Gasteiger partial charge in [0, 0.05) is 36.8 Å². The molecule has 204 valence electrons. The second kappa shape index (κ2) is 10.6. The lowest BCUT2D eigenvalue weighted by atomic mass is 9.80. The van der Waals surface area contributed by atoms with Crippen LogP contribution in [0.5, 0.6) is 0 Å². The average molecular weight is 539 g/mol. The number of anilines is 1. The second-order valence-electron chi connectivity index (χ2n) is 11.0. The Kier molecular flexibility index (Phi) is 7.16. The van der Waals surface area contributed by atoms with Crippen molar-refractivity contribution in [3.63, 3.8) is 0 Å². The molecule has 1 N–H and O–H groups in total. The Bertz CT molecular complexity index is 1530. The predicted octanol–water partition coefficient (Wildman–Crippen LogP) is 4.99. The van der Waals surface area contributed by atoms with Crippen LogP contribution >= 0.6 is 0 Å². The number of nitrogens with zero attached hydrogens (tertiary/aromatic N) is 3. The molecule has 0 aliphatic carbocycles. The molecule has 0 aromatic heterocycles. The number of likely N-dealkylation sites (N-methyl/N-ethyl adjacent to an activating group) is 1. The Morgan fingerprint density at radius 2 is 1.85 bits per heavy atom. The van der Waals surface area contributed by atoms with Crippen LogP contribution in [0.25, 0.3) is 11.1 Å². The van der Waals surface area contributed by atoms with Crippen molar-refractivity contribution in [1.82, 2.24) is 9.80 Å². The molecular formula is C32H31FN4O3. The number of nitrogens with one attached hydrogen (secondary N) is 1. The van der Waals surface area contributed by atoms with Crippen LogP contribution in [0.4, 0.5) is 10.1 Å². The summed E-state index contributed by atoms with van der Waals surface area (Å²) in [6.45, 7) is 3.99. The third-order valence-electron chi connectivity index (χ3n) is 7.98. The van der Waals surface area contributed by atoms with E-state index in [1.165, 1.54) is 15.9 Å². The maximum absolute atomic E-state index is 14.4. The van der Waals surface area contributed by atoms with E-state index in [0.717, 1.165) is 5.56 Å². The van der Waals surface area contributed by atoms with E-state index >= 15 is 0 Å². The molecule has 7 nitrogen and oxygen atoms in total. The summed E-state index contributed by atoms with van der Waals surface area (Å²) in [7, 11) is 1.58. The summed E-state index contributed by atoms with van der Waals surface area (Å²) < 4.78 is 14.4. The van der Waals surface area contributed by atoms with Gasteiger partial charge in [-0.15, -0.1) is 0 Å². The third kappa shape index (κ3) is 4.62. The molecule has 0 unspecified atom stereocenters. The Labute approximate surface area is 233 Å². The van der Waals surface area contributed by atoms with E-state index < -0.39 is 23.3 Å². The molecule has 3 aromatic rings. The van der Waals surface area contributed by atoms with Gasteiger partial charge in [-0.2, -0.15) is 5.26 Å². The van der Waals surface area contributed by atoms with Crippen molar-refractivity contribution < 1.29 is 18.8 Å². The molecule has 1 spiro atoms. The fourth-order valence-electron chi connectivity index (χ4n) is 5.91. The molecule has 2 heterocycles. The number of amides is 3. The van der Waals surface area contributed by atoms with Gasteiger partial charge in [-0.1, -0.05) is 62.4 Å². The molecule has 1 saturated heterocycles. The maximum Gasteiger partial charge on any atom is 0.254 e. The van der Waals surface area contributed by atoms with E-state index in [1.807, 2.05) is 38.1 Å². The van der Waals surface area contributed by atoms with E-state index in [9.17, 15) is 24.0 Å². The van der Waals surface area contributed by atoms with Crippen LogP contribution in [-0.4, -0.2) is 53.2 Å². The first-order valence-corrected chi connectivity index (χ1v) is 13.4. The van der Waals surface area contributed by atoms with Crippen molar-refractivity contribution in [1.29, 1.82) is 5.26 Å². The highest BCUT2D eigenvalue weighted by molar-refractivity contribution is 6.07. The molecule has 40 heavy (non-hydrogen) atoms. The second-order valence-corrected chi connectivity index (χ2v) is 11.0. The number of carbonyl (C=O) groups is 3. The lowest BCUT2D eigenvalue weighted by Gasteiger charge is -2.33. The molecule has 2 aliphatic rings. The van der Waals surface area contributed by atoms with E-state index in [0.29, 0.717) is 28.8 Å². The van der Waals surface area contributed by atoms with Crippen molar-refractivity contribution >= 4 is 23.4 Å². The summed E-state index contributed by atoms with van der Waals surface area (Å²) in [4.78, 5) is 43.9. The maximum atomic E-state index is 14.4. The summed E-state index contributed by atoms with van der Waals surface area (Å²) in [5.74, 6) is -1.30. The number of hydrogen-bond donors (Lipinski definition) is 1. The normalized spacial score (nSPS) is 20.2. The fraction of sp³-hybridized carbons (Fsp3) is 0.312. The minimum Gasteiger partial charge on any atom is -0.330 e. The van der Waals surface area contributed by atoms with Gasteiger partial charge in [0.15, 0.2) is 0 Å². The Balaban J connectivity index is 1.45. The van der Waals surface area contributed by atoms with Gasteiger partial charge in [-0.3, -0.25) is 14.4 Å². The number of benzene rings is 3. The zero-order valence-corrected chi connectivity index (χ0v) is 22.7. The number of para-hydroxylation sites is 1. The van der Waals surface area contributed by atoms with Crippen molar-refractivity contribution in [3.05, 3.63) is 89.7 Å². The van der Waals surface area contributed by atoms with Gasteiger partial charge in [0.05, 0.1) is 11.5 Å². The highest BCUT2D eigenvalue weighted by Crippen LogP contribution is 2.46. The van der Waals surface area contributed by atoms with Crippen molar-refractivity contribution in [2.75, 3.05) is 18.9 Å². The largest absolute Gasteiger partial charge is 0.330 e. The van der Waals surface area contributed by atoms with Crippen LogP contribution in [0.15, 0.2) is 72.8 Å². The predicted molar refractivity (Wildman–Crippen MR) is 150 cm³/mol. The summed E-state index contributed by atoms with van der Waals surface area (Å²) in [5, 5.41) is 12.9. The fourth-order valence-corrected chi connectivity index (χ4v) is 5.91. The first-order chi connectivity index (χ1) is 19.2. The Hall–Kier alpha value is -4.51. The minimum absolute atomic E-state index is 0.0618. The molecule has 3 aromatic carbocycles. The molecule has 2 aliphatic heterocycles. The number of fused-ring (bicyclic) bond motifs is 2. The first-order valence-electron chi connectivity index (χ1n) is 13.4. The van der Waals surface area contributed by atoms with Crippen LogP contribution in [0, 0.1) is 23.1 Å². The molecule has 0 bridgehead atoms. The Morgan fingerprint density at radius 1 is 1.12 bits per heavy atom. The van der Waals surface area contributed by atoms with E-state index in [2.05, 4.69) is 11.4 Å². The molecule has 3 amide bonds. The van der Waals surface area contributed by atoms with E-state index in [4.69, 9.17) is 0 Å². The van der Waals surface area contributed by atoms with Crippen LogP contribution in [0.3, 0.4) is 0 Å². The monoisotopic (exact) mass is 538 g/mol. The van der Waals surface area contributed by atoms with E-state index in [1.54, 1.807) is 49.5 Å². The van der Waals surface area contributed by atoms with Gasteiger partial charge < -0.3 is 15.1 Å². The van der Waals surface area contributed by atoms with E-state index in [-0.39, 0.29) is 36.6 Å².